The van der Waals surface area contributed by atoms with E-state index in [0.29, 0.717) is 6.54 Å². The van der Waals surface area contributed by atoms with Crippen molar-refractivity contribution in [1.82, 2.24) is 19.9 Å². The number of aryl methyl sites for hydroxylation is 1. The third-order valence-corrected chi connectivity index (χ3v) is 4.06. The van der Waals surface area contributed by atoms with Gasteiger partial charge in [0.05, 0.1) is 17.6 Å². The van der Waals surface area contributed by atoms with Gasteiger partial charge in [0.25, 0.3) is 0 Å². The average molecular weight is 286 g/mol. The Morgan fingerprint density at radius 1 is 1.35 bits per heavy atom. The smallest absolute Gasteiger partial charge is 0.223 e. The van der Waals surface area contributed by atoms with Crippen LogP contribution in [0, 0.1) is 0 Å². The molecule has 7 heteroatoms. The molecule has 3 heterocycles. The van der Waals surface area contributed by atoms with Gasteiger partial charge in [-0.25, -0.2) is 15.0 Å². The maximum absolute atomic E-state index is 5.76. The lowest BCUT2D eigenvalue weighted by atomic mass is 10.3. The molecule has 3 rings (SSSR count). The van der Waals surface area contributed by atoms with E-state index in [1.54, 1.807) is 17.5 Å². The topological polar surface area (TPSA) is 89.6 Å². The minimum absolute atomic E-state index is 0.284. The molecule has 3 N–H and O–H groups in total. The van der Waals surface area contributed by atoms with Crippen molar-refractivity contribution in [2.45, 2.75) is 19.9 Å². The predicted molar refractivity (Wildman–Crippen MR) is 80.6 cm³/mol. The number of rotatable bonds is 4. The van der Waals surface area contributed by atoms with Crippen LogP contribution in [0.25, 0.3) is 10.2 Å². The molecule has 0 fully saturated rings. The van der Waals surface area contributed by atoms with Crippen LogP contribution in [0.5, 0.6) is 0 Å². The van der Waals surface area contributed by atoms with Crippen molar-refractivity contribution in [1.29, 1.82) is 0 Å². The van der Waals surface area contributed by atoms with Crippen molar-refractivity contribution in [3.63, 3.8) is 0 Å². The van der Waals surface area contributed by atoms with E-state index < -0.39 is 0 Å². The first-order valence-electron chi connectivity index (χ1n) is 6.31. The summed E-state index contributed by atoms with van der Waals surface area (Å²) >= 11 is 1.65. The standard InChI is InChI=1S/C13H14N6S/c1-2-9-5-10-11(18-13(14)19-12(10)20-9)16-6-8-3-4-15-7-17-8/h3-5,7H,2,6H2,1H3,(H3,14,16,18,19). The Labute approximate surface area is 120 Å². The molecule has 0 bridgehead atoms. The van der Waals surface area contributed by atoms with Gasteiger partial charge in [-0.2, -0.15) is 4.98 Å². The molecular weight excluding hydrogens is 272 g/mol. The number of nitrogens with two attached hydrogens (primary N) is 1. The fourth-order valence-corrected chi connectivity index (χ4v) is 2.87. The van der Waals surface area contributed by atoms with Crippen molar-refractivity contribution in [2.24, 2.45) is 0 Å². The largest absolute Gasteiger partial charge is 0.368 e. The van der Waals surface area contributed by atoms with Crippen LogP contribution >= 0.6 is 11.3 Å². The Balaban J connectivity index is 1.92. The first-order valence-corrected chi connectivity index (χ1v) is 7.12. The molecule has 0 unspecified atom stereocenters. The highest BCUT2D eigenvalue weighted by Gasteiger charge is 2.10. The number of hydrogen-bond donors (Lipinski definition) is 2. The molecule has 102 valence electrons. The molecule has 6 nitrogen and oxygen atoms in total. The van der Waals surface area contributed by atoms with Crippen molar-refractivity contribution in [2.75, 3.05) is 11.1 Å². The molecule has 3 aromatic heterocycles. The molecule has 0 aliphatic rings. The summed E-state index contributed by atoms with van der Waals surface area (Å²) in [6.07, 6.45) is 4.22. The Bertz CT molecular complexity index is 724. The summed E-state index contributed by atoms with van der Waals surface area (Å²) < 4.78 is 0. The zero-order valence-corrected chi connectivity index (χ0v) is 11.8. The highest BCUT2D eigenvalue weighted by molar-refractivity contribution is 7.18. The minimum atomic E-state index is 0.284. The Morgan fingerprint density at radius 2 is 2.25 bits per heavy atom. The van der Waals surface area contributed by atoms with Crippen LogP contribution in [0.2, 0.25) is 0 Å². The summed E-state index contributed by atoms with van der Waals surface area (Å²) in [7, 11) is 0. The van der Waals surface area contributed by atoms with Crippen LogP contribution in [0.4, 0.5) is 11.8 Å². The van der Waals surface area contributed by atoms with Gasteiger partial charge in [-0.3, -0.25) is 0 Å². The molecule has 0 saturated carbocycles. The zero-order valence-electron chi connectivity index (χ0n) is 11.0. The molecule has 0 aliphatic carbocycles. The zero-order chi connectivity index (χ0) is 13.9. The van der Waals surface area contributed by atoms with Gasteiger partial charge in [-0.05, 0) is 18.6 Å². The first-order chi connectivity index (χ1) is 9.76. The molecule has 0 radical (unpaired) electrons. The van der Waals surface area contributed by atoms with E-state index in [0.717, 1.165) is 28.1 Å². The van der Waals surface area contributed by atoms with Crippen LogP contribution < -0.4 is 11.1 Å². The summed E-state index contributed by atoms with van der Waals surface area (Å²) in [6.45, 7) is 2.70. The maximum Gasteiger partial charge on any atom is 0.223 e. The van der Waals surface area contributed by atoms with Gasteiger partial charge in [0.1, 0.15) is 17.0 Å². The van der Waals surface area contributed by atoms with E-state index in [2.05, 4.69) is 38.2 Å². The number of nitrogens with one attached hydrogen (secondary N) is 1. The molecule has 0 aliphatic heterocycles. The van der Waals surface area contributed by atoms with Gasteiger partial charge in [-0.15, -0.1) is 11.3 Å². The van der Waals surface area contributed by atoms with Gasteiger partial charge >= 0.3 is 0 Å². The molecular formula is C13H14N6S. The second-order valence-electron chi connectivity index (χ2n) is 4.27. The number of nitrogens with zero attached hydrogens (tertiary/aromatic N) is 4. The van der Waals surface area contributed by atoms with E-state index in [9.17, 15) is 0 Å². The fraction of sp³-hybridized carbons (Fsp3) is 0.231. The number of thiophene rings is 1. The van der Waals surface area contributed by atoms with Gasteiger partial charge < -0.3 is 11.1 Å². The Kier molecular flexibility index (Phi) is 3.42. The van der Waals surface area contributed by atoms with E-state index in [1.807, 2.05) is 6.07 Å². The Morgan fingerprint density at radius 3 is 3.00 bits per heavy atom. The van der Waals surface area contributed by atoms with Crippen LogP contribution in [0.1, 0.15) is 17.5 Å². The summed E-state index contributed by atoms with van der Waals surface area (Å²) in [5.41, 5.74) is 6.66. The molecule has 0 saturated heterocycles. The lowest BCUT2D eigenvalue weighted by Crippen LogP contribution is -2.05. The second-order valence-corrected chi connectivity index (χ2v) is 5.38. The van der Waals surface area contributed by atoms with Gasteiger partial charge in [-0.1, -0.05) is 6.92 Å². The summed E-state index contributed by atoms with van der Waals surface area (Å²) in [6, 6.07) is 3.97. The van der Waals surface area contributed by atoms with Crippen LogP contribution in [0.3, 0.4) is 0 Å². The average Bonchev–Trinajstić information content (AvgIpc) is 2.88. The van der Waals surface area contributed by atoms with Gasteiger partial charge in [0.2, 0.25) is 5.95 Å². The lowest BCUT2D eigenvalue weighted by Gasteiger charge is -2.06. The SMILES string of the molecule is CCc1cc2c(NCc3ccncn3)nc(N)nc2s1. The number of nitrogen functional groups attached to an aromatic ring is 1. The highest BCUT2D eigenvalue weighted by atomic mass is 32.1. The normalized spacial score (nSPS) is 10.8. The van der Waals surface area contributed by atoms with E-state index in [-0.39, 0.29) is 5.95 Å². The van der Waals surface area contributed by atoms with Gasteiger partial charge in [0, 0.05) is 11.1 Å². The summed E-state index contributed by atoms with van der Waals surface area (Å²) in [5, 5.41) is 4.28. The quantitative estimate of drug-likeness (QED) is 0.764. The van der Waals surface area contributed by atoms with Crippen LogP contribution in [0.15, 0.2) is 24.7 Å². The minimum Gasteiger partial charge on any atom is -0.368 e. The van der Waals surface area contributed by atoms with E-state index in [4.69, 9.17) is 5.73 Å². The fourth-order valence-electron chi connectivity index (χ4n) is 1.89. The van der Waals surface area contributed by atoms with Crippen molar-refractivity contribution >= 4 is 33.3 Å². The third-order valence-electron chi connectivity index (χ3n) is 2.89. The maximum atomic E-state index is 5.76. The monoisotopic (exact) mass is 286 g/mol. The summed E-state index contributed by atoms with van der Waals surface area (Å²) in [4.78, 5) is 18.8. The Hall–Kier alpha value is -2.28. The molecule has 0 atom stereocenters. The van der Waals surface area contributed by atoms with Crippen LogP contribution in [-0.2, 0) is 13.0 Å². The highest BCUT2D eigenvalue weighted by Crippen LogP contribution is 2.29. The molecule has 0 amide bonds. The van der Waals surface area contributed by atoms with Crippen molar-refractivity contribution < 1.29 is 0 Å². The molecule has 0 spiro atoms. The molecule has 3 aromatic rings. The molecule has 0 aromatic carbocycles. The second kappa shape index (κ2) is 5.38. The number of anilines is 2. The number of hydrogen-bond acceptors (Lipinski definition) is 7. The number of aromatic nitrogens is 4. The van der Waals surface area contributed by atoms with Crippen LogP contribution in [-0.4, -0.2) is 19.9 Å². The van der Waals surface area contributed by atoms with E-state index >= 15 is 0 Å². The third kappa shape index (κ3) is 2.53. The lowest BCUT2D eigenvalue weighted by molar-refractivity contribution is 0.998. The predicted octanol–water partition coefficient (Wildman–Crippen LogP) is 2.24. The first kappa shape index (κ1) is 12.7. The van der Waals surface area contributed by atoms with E-state index in [1.165, 1.54) is 11.2 Å². The van der Waals surface area contributed by atoms with Crippen molar-refractivity contribution in [3.05, 3.63) is 35.2 Å². The molecule has 20 heavy (non-hydrogen) atoms. The van der Waals surface area contributed by atoms with Crippen molar-refractivity contribution in [3.8, 4) is 0 Å². The summed E-state index contributed by atoms with van der Waals surface area (Å²) in [5.74, 6) is 1.04. The number of fused-ring (bicyclic) bond motifs is 1. The van der Waals surface area contributed by atoms with Gasteiger partial charge in [0.15, 0.2) is 0 Å².